The number of carbonyl (C=O) groups is 1. The molecule has 0 saturated carbocycles. The van der Waals surface area contributed by atoms with Crippen LogP contribution in [0.1, 0.15) is 19.7 Å². The van der Waals surface area contributed by atoms with Gasteiger partial charge in [-0.1, -0.05) is 25.6 Å². The molecular weight excluding hydrogens is 350 g/mol. The monoisotopic (exact) mass is 377 g/mol. The fourth-order valence-electron chi connectivity index (χ4n) is 2.54. The molecule has 0 radical (unpaired) electrons. The van der Waals surface area contributed by atoms with Crippen LogP contribution in [0, 0.1) is 6.92 Å². The SMILES string of the molecule is CCN(CC)CCNC(=O)CSc1nnc(C)n1-c1ccc(OC)cc1. The lowest BCUT2D eigenvalue weighted by atomic mass is 10.3. The van der Waals surface area contributed by atoms with Crippen LogP contribution in [0.5, 0.6) is 5.75 Å². The van der Waals surface area contributed by atoms with Crippen molar-refractivity contribution in [2.24, 2.45) is 0 Å². The first-order valence-electron chi connectivity index (χ1n) is 8.77. The highest BCUT2D eigenvalue weighted by molar-refractivity contribution is 7.99. The quantitative estimate of drug-likeness (QED) is 0.640. The number of hydrogen-bond donors (Lipinski definition) is 1. The van der Waals surface area contributed by atoms with E-state index < -0.39 is 0 Å². The summed E-state index contributed by atoms with van der Waals surface area (Å²) in [6, 6.07) is 7.68. The van der Waals surface area contributed by atoms with Gasteiger partial charge in [-0.15, -0.1) is 10.2 Å². The van der Waals surface area contributed by atoms with Gasteiger partial charge >= 0.3 is 0 Å². The van der Waals surface area contributed by atoms with Crippen molar-refractivity contribution in [2.75, 3.05) is 39.0 Å². The zero-order valence-corrected chi connectivity index (χ0v) is 16.7. The molecule has 0 saturated heterocycles. The summed E-state index contributed by atoms with van der Waals surface area (Å²) < 4.78 is 7.13. The highest BCUT2D eigenvalue weighted by atomic mass is 32.2. The lowest BCUT2D eigenvalue weighted by Crippen LogP contribution is -2.35. The van der Waals surface area contributed by atoms with Crippen molar-refractivity contribution in [1.82, 2.24) is 25.0 Å². The number of hydrogen-bond acceptors (Lipinski definition) is 6. The van der Waals surface area contributed by atoms with Gasteiger partial charge in [0.25, 0.3) is 0 Å². The summed E-state index contributed by atoms with van der Waals surface area (Å²) in [6.07, 6.45) is 0. The molecule has 142 valence electrons. The summed E-state index contributed by atoms with van der Waals surface area (Å²) in [5, 5.41) is 12.0. The van der Waals surface area contributed by atoms with Crippen LogP contribution in [0.3, 0.4) is 0 Å². The standard InChI is InChI=1S/C18H27N5O2S/c1-5-22(6-2)12-11-19-17(24)13-26-18-21-20-14(3)23(18)15-7-9-16(25-4)10-8-15/h7-10H,5-6,11-13H2,1-4H3,(H,19,24). The molecule has 0 bridgehead atoms. The van der Waals surface area contributed by atoms with E-state index in [0.29, 0.717) is 17.5 Å². The third-order valence-electron chi connectivity index (χ3n) is 4.10. The Hall–Kier alpha value is -2.06. The zero-order chi connectivity index (χ0) is 18.9. The van der Waals surface area contributed by atoms with Gasteiger partial charge in [0.2, 0.25) is 5.91 Å². The molecule has 2 aromatic rings. The zero-order valence-electron chi connectivity index (χ0n) is 15.9. The van der Waals surface area contributed by atoms with Crippen LogP contribution in [-0.2, 0) is 4.79 Å². The second-order valence-corrected chi connectivity index (χ2v) is 6.67. The molecule has 0 fully saturated rings. The van der Waals surface area contributed by atoms with Gasteiger partial charge in [-0.2, -0.15) is 0 Å². The van der Waals surface area contributed by atoms with Crippen LogP contribution in [0.4, 0.5) is 0 Å². The normalized spacial score (nSPS) is 11.0. The Morgan fingerprint density at radius 1 is 1.23 bits per heavy atom. The largest absolute Gasteiger partial charge is 0.497 e. The molecule has 2 rings (SSSR count). The van der Waals surface area contributed by atoms with E-state index >= 15 is 0 Å². The maximum absolute atomic E-state index is 12.1. The van der Waals surface area contributed by atoms with Gasteiger partial charge in [-0.25, -0.2) is 0 Å². The number of likely N-dealkylation sites (N-methyl/N-ethyl adjacent to an activating group) is 1. The van der Waals surface area contributed by atoms with Gasteiger partial charge in [0, 0.05) is 18.8 Å². The van der Waals surface area contributed by atoms with Gasteiger partial charge in [0.1, 0.15) is 11.6 Å². The fourth-order valence-corrected chi connectivity index (χ4v) is 3.37. The molecule has 0 aliphatic heterocycles. The van der Waals surface area contributed by atoms with E-state index in [4.69, 9.17) is 4.74 Å². The molecular formula is C18H27N5O2S. The number of nitrogens with one attached hydrogen (secondary N) is 1. The van der Waals surface area contributed by atoms with Crippen molar-refractivity contribution in [1.29, 1.82) is 0 Å². The minimum absolute atomic E-state index is 0.00379. The highest BCUT2D eigenvalue weighted by Gasteiger charge is 2.13. The van der Waals surface area contributed by atoms with Crippen molar-refractivity contribution in [3.05, 3.63) is 30.1 Å². The molecule has 8 heteroatoms. The number of aryl methyl sites for hydroxylation is 1. The molecule has 0 aliphatic rings. The Labute approximate surface area is 159 Å². The third-order valence-corrected chi connectivity index (χ3v) is 5.03. The summed E-state index contributed by atoms with van der Waals surface area (Å²) >= 11 is 1.38. The number of nitrogens with zero attached hydrogens (tertiary/aromatic N) is 4. The highest BCUT2D eigenvalue weighted by Crippen LogP contribution is 2.23. The van der Waals surface area contributed by atoms with Crippen molar-refractivity contribution >= 4 is 17.7 Å². The van der Waals surface area contributed by atoms with Gasteiger partial charge < -0.3 is 15.0 Å². The summed E-state index contributed by atoms with van der Waals surface area (Å²) in [7, 11) is 1.64. The Kier molecular flexibility index (Phi) is 7.93. The fraction of sp³-hybridized carbons (Fsp3) is 0.500. The second-order valence-electron chi connectivity index (χ2n) is 5.73. The van der Waals surface area contributed by atoms with E-state index in [1.165, 1.54) is 11.8 Å². The van der Waals surface area contributed by atoms with Crippen LogP contribution in [0.15, 0.2) is 29.4 Å². The number of amides is 1. The van der Waals surface area contributed by atoms with E-state index in [2.05, 4.69) is 34.3 Å². The molecule has 0 atom stereocenters. The minimum Gasteiger partial charge on any atom is -0.497 e. The third kappa shape index (κ3) is 5.47. The van der Waals surface area contributed by atoms with E-state index in [9.17, 15) is 4.79 Å². The van der Waals surface area contributed by atoms with E-state index in [0.717, 1.165) is 36.9 Å². The number of thioether (sulfide) groups is 1. The Morgan fingerprint density at radius 2 is 1.92 bits per heavy atom. The first-order chi connectivity index (χ1) is 12.6. The maximum Gasteiger partial charge on any atom is 0.230 e. The smallest absolute Gasteiger partial charge is 0.230 e. The van der Waals surface area contributed by atoms with Gasteiger partial charge in [0.15, 0.2) is 5.16 Å². The van der Waals surface area contributed by atoms with Crippen molar-refractivity contribution < 1.29 is 9.53 Å². The van der Waals surface area contributed by atoms with Crippen LogP contribution < -0.4 is 10.1 Å². The number of ether oxygens (including phenoxy) is 1. The predicted molar refractivity (Wildman–Crippen MR) is 104 cm³/mol. The summed E-state index contributed by atoms with van der Waals surface area (Å²) in [6.45, 7) is 9.64. The topological polar surface area (TPSA) is 72.3 Å². The predicted octanol–water partition coefficient (Wildman–Crippen LogP) is 2.13. The average molecular weight is 378 g/mol. The van der Waals surface area contributed by atoms with Crippen molar-refractivity contribution in [3.8, 4) is 11.4 Å². The number of methoxy groups -OCH3 is 1. The summed E-state index contributed by atoms with van der Waals surface area (Å²) in [5.74, 6) is 1.89. The van der Waals surface area contributed by atoms with E-state index in [-0.39, 0.29) is 5.91 Å². The Morgan fingerprint density at radius 3 is 2.54 bits per heavy atom. The average Bonchev–Trinajstić information content (AvgIpc) is 3.04. The molecule has 1 amide bonds. The number of rotatable bonds is 10. The van der Waals surface area contributed by atoms with Crippen molar-refractivity contribution in [3.63, 3.8) is 0 Å². The van der Waals surface area contributed by atoms with Gasteiger partial charge in [-0.3, -0.25) is 9.36 Å². The maximum atomic E-state index is 12.1. The van der Waals surface area contributed by atoms with Crippen molar-refractivity contribution in [2.45, 2.75) is 25.9 Å². The van der Waals surface area contributed by atoms with Crippen LogP contribution in [0.2, 0.25) is 0 Å². The number of carbonyl (C=O) groups excluding carboxylic acids is 1. The molecule has 1 N–H and O–H groups in total. The Balaban J connectivity index is 1.93. The summed E-state index contributed by atoms with van der Waals surface area (Å²) in [5.41, 5.74) is 0.942. The van der Waals surface area contributed by atoms with E-state index in [1.807, 2.05) is 35.8 Å². The first-order valence-corrected chi connectivity index (χ1v) is 9.75. The van der Waals surface area contributed by atoms with Crippen LogP contribution >= 0.6 is 11.8 Å². The molecule has 1 aromatic heterocycles. The van der Waals surface area contributed by atoms with Gasteiger partial charge in [-0.05, 0) is 44.3 Å². The molecule has 0 unspecified atom stereocenters. The molecule has 0 spiro atoms. The Bertz CT molecular complexity index is 698. The molecule has 0 aliphatic carbocycles. The van der Waals surface area contributed by atoms with Crippen LogP contribution in [-0.4, -0.2) is 64.6 Å². The number of benzene rings is 1. The molecule has 1 aromatic carbocycles. The minimum atomic E-state index is 0.00379. The summed E-state index contributed by atoms with van der Waals surface area (Å²) in [4.78, 5) is 14.4. The number of aromatic nitrogens is 3. The second kappa shape index (κ2) is 10.2. The van der Waals surface area contributed by atoms with E-state index in [1.54, 1.807) is 7.11 Å². The molecule has 26 heavy (non-hydrogen) atoms. The first kappa shape index (κ1) is 20.3. The van der Waals surface area contributed by atoms with Gasteiger partial charge in [0.05, 0.1) is 12.9 Å². The molecule has 7 nitrogen and oxygen atoms in total. The lowest BCUT2D eigenvalue weighted by Gasteiger charge is -2.17. The van der Waals surface area contributed by atoms with Crippen LogP contribution in [0.25, 0.3) is 5.69 Å². The lowest BCUT2D eigenvalue weighted by molar-refractivity contribution is -0.118. The molecule has 1 heterocycles.